The fraction of sp³-hybridized carbons (Fsp3) is 0.211. The van der Waals surface area contributed by atoms with Crippen LogP contribution in [0.25, 0.3) is 5.69 Å². The standard InChI is InChI=1S/C19H18FN5/c1-12-3-9-16(10-4-12)25-13(2)19(23-24-25)18-11-17(21-22-18)14-5-7-15(20)8-6-14/h3-10,17,21H,11H2,1-2H3. The molecule has 6 heteroatoms. The van der Waals surface area contributed by atoms with Gasteiger partial charge in [0.2, 0.25) is 0 Å². The fourth-order valence-corrected chi connectivity index (χ4v) is 3.00. The van der Waals surface area contributed by atoms with Gasteiger partial charge in [0.15, 0.2) is 0 Å². The van der Waals surface area contributed by atoms with Gasteiger partial charge in [0.05, 0.1) is 23.1 Å². The van der Waals surface area contributed by atoms with Gasteiger partial charge < -0.3 is 5.43 Å². The molecule has 5 nitrogen and oxygen atoms in total. The van der Waals surface area contributed by atoms with Gasteiger partial charge in [-0.1, -0.05) is 35.0 Å². The average Bonchev–Trinajstić information content (AvgIpc) is 3.23. The van der Waals surface area contributed by atoms with Gasteiger partial charge in [0.1, 0.15) is 11.5 Å². The van der Waals surface area contributed by atoms with Crippen molar-refractivity contribution in [3.63, 3.8) is 0 Å². The first-order valence-electron chi connectivity index (χ1n) is 8.19. The van der Waals surface area contributed by atoms with Crippen molar-refractivity contribution in [1.29, 1.82) is 0 Å². The molecule has 0 saturated carbocycles. The average molecular weight is 335 g/mol. The maximum atomic E-state index is 13.1. The molecule has 25 heavy (non-hydrogen) atoms. The van der Waals surface area contributed by atoms with E-state index in [2.05, 4.69) is 39.9 Å². The van der Waals surface area contributed by atoms with Crippen molar-refractivity contribution in [3.8, 4) is 5.69 Å². The second-order valence-corrected chi connectivity index (χ2v) is 6.27. The van der Waals surface area contributed by atoms with Crippen molar-refractivity contribution < 1.29 is 4.39 Å². The van der Waals surface area contributed by atoms with Crippen LogP contribution in [0.4, 0.5) is 4.39 Å². The molecule has 1 atom stereocenters. The van der Waals surface area contributed by atoms with Crippen molar-refractivity contribution >= 4 is 5.71 Å². The van der Waals surface area contributed by atoms with E-state index in [0.29, 0.717) is 6.42 Å². The molecule has 1 aliphatic heterocycles. The van der Waals surface area contributed by atoms with Crippen LogP contribution >= 0.6 is 0 Å². The Labute approximate surface area is 145 Å². The normalized spacial score (nSPS) is 16.6. The third-order valence-corrected chi connectivity index (χ3v) is 4.47. The van der Waals surface area contributed by atoms with E-state index in [4.69, 9.17) is 0 Å². The lowest BCUT2D eigenvalue weighted by Gasteiger charge is -2.09. The van der Waals surface area contributed by atoms with Crippen LogP contribution in [0.5, 0.6) is 0 Å². The monoisotopic (exact) mass is 335 g/mol. The minimum absolute atomic E-state index is 0.0273. The van der Waals surface area contributed by atoms with Gasteiger partial charge in [-0.05, 0) is 43.7 Å². The Kier molecular flexibility index (Phi) is 3.80. The zero-order valence-corrected chi connectivity index (χ0v) is 14.1. The summed E-state index contributed by atoms with van der Waals surface area (Å²) in [4.78, 5) is 0. The Morgan fingerprint density at radius 3 is 2.48 bits per heavy atom. The Morgan fingerprint density at radius 1 is 1.04 bits per heavy atom. The number of hydrogen-bond donors (Lipinski definition) is 1. The van der Waals surface area contributed by atoms with Crippen molar-refractivity contribution in [1.82, 2.24) is 20.4 Å². The lowest BCUT2D eigenvalue weighted by atomic mass is 10.0. The summed E-state index contributed by atoms with van der Waals surface area (Å²) >= 11 is 0. The lowest BCUT2D eigenvalue weighted by molar-refractivity contribution is 0.607. The van der Waals surface area contributed by atoms with Crippen molar-refractivity contribution in [2.75, 3.05) is 0 Å². The molecule has 0 spiro atoms. The van der Waals surface area contributed by atoms with Crippen molar-refractivity contribution in [3.05, 3.63) is 76.9 Å². The second kappa shape index (κ2) is 6.12. The van der Waals surface area contributed by atoms with E-state index in [1.54, 1.807) is 12.1 Å². The third kappa shape index (κ3) is 2.91. The maximum absolute atomic E-state index is 13.1. The van der Waals surface area contributed by atoms with E-state index in [1.165, 1.54) is 17.7 Å². The Hall–Kier alpha value is -3.02. The van der Waals surface area contributed by atoms with Crippen molar-refractivity contribution in [2.24, 2.45) is 5.10 Å². The molecule has 1 unspecified atom stereocenters. The smallest absolute Gasteiger partial charge is 0.132 e. The van der Waals surface area contributed by atoms with Crippen LogP contribution in [-0.2, 0) is 0 Å². The highest BCUT2D eigenvalue weighted by atomic mass is 19.1. The van der Waals surface area contributed by atoms with E-state index in [9.17, 15) is 4.39 Å². The minimum atomic E-state index is -0.236. The molecular formula is C19H18FN5. The molecule has 0 radical (unpaired) electrons. The molecule has 0 saturated heterocycles. The molecule has 3 aromatic rings. The predicted octanol–water partition coefficient (Wildman–Crippen LogP) is 3.46. The van der Waals surface area contributed by atoms with Crippen LogP contribution < -0.4 is 5.43 Å². The topological polar surface area (TPSA) is 55.1 Å². The number of rotatable bonds is 3. The van der Waals surface area contributed by atoms with Gasteiger partial charge >= 0.3 is 0 Å². The molecule has 0 fully saturated rings. The largest absolute Gasteiger partial charge is 0.302 e. The molecule has 1 aromatic heterocycles. The van der Waals surface area contributed by atoms with Crippen molar-refractivity contribution in [2.45, 2.75) is 26.3 Å². The highest BCUT2D eigenvalue weighted by Crippen LogP contribution is 2.25. The zero-order valence-electron chi connectivity index (χ0n) is 14.1. The predicted molar refractivity (Wildman–Crippen MR) is 94.3 cm³/mol. The van der Waals surface area contributed by atoms with Crippen LogP contribution in [0.15, 0.2) is 53.6 Å². The van der Waals surface area contributed by atoms with Crippen LogP contribution in [-0.4, -0.2) is 20.7 Å². The quantitative estimate of drug-likeness (QED) is 0.797. The summed E-state index contributed by atoms with van der Waals surface area (Å²) in [5, 5.41) is 13.0. The maximum Gasteiger partial charge on any atom is 0.132 e. The van der Waals surface area contributed by atoms with Crippen LogP contribution in [0.2, 0.25) is 0 Å². The number of hydrazone groups is 1. The van der Waals surface area contributed by atoms with E-state index in [0.717, 1.165) is 28.4 Å². The van der Waals surface area contributed by atoms with Crippen LogP contribution in [0.1, 0.15) is 35.0 Å². The number of hydrogen-bond acceptors (Lipinski definition) is 4. The van der Waals surface area contributed by atoms with Gasteiger partial charge in [0.25, 0.3) is 0 Å². The summed E-state index contributed by atoms with van der Waals surface area (Å²) in [5.41, 5.74) is 8.90. The molecule has 126 valence electrons. The molecule has 2 heterocycles. The summed E-state index contributed by atoms with van der Waals surface area (Å²) in [7, 11) is 0. The van der Waals surface area contributed by atoms with Gasteiger partial charge in [-0.3, -0.25) is 0 Å². The number of aromatic nitrogens is 3. The van der Waals surface area contributed by atoms with Gasteiger partial charge in [-0.25, -0.2) is 9.07 Å². The van der Waals surface area contributed by atoms with E-state index in [-0.39, 0.29) is 11.9 Å². The summed E-state index contributed by atoms with van der Waals surface area (Å²) in [6.45, 7) is 4.04. The number of benzene rings is 2. The number of nitrogens with one attached hydrogen (secondary N) is 1. The molecule has 2 aromatic carbocycles. The van der Waals surface area contributed by atoms with Gasteiger partial charge in [-0.15, -0.1) is 5.10 Å². The SMILES string of the molecule is Cc1ccc(-n2nnc(C3=NNC(c4ccc(F)cc4)C3)c2C)cc1. The molecule has 0 amide bonds. The molecule has 1 aliphatic rings. The highest BCUT2D eigenvalue weighted by molar-refractivity contribution is 6.01. The fourth-order valence-electron chi connectivity index (χ4n) is 3.00. The van der Waals surface area contributed by atoms with Gasteiger partial charge in [-0.2, -0.15) is 5.10 Å². The first-order valence-corrected chi connectivity index (χ1v) is 8.19. The molecule has 1 N–H and O–H groups in total. The van der Waals surface area contributed by atoms with Crippen LogP contribution in [0, 0.1) is 19.7 Å². The Bertz CT molecular complexity index is 925. The lowest BCUT2D eigenvalue weighted by Crippen LogP contribution is -2.10. The highest BCUT2D eigenvalue weighted by Gasteiger charge is 2.25. The summed E-state index contributed by atoms with van der Waals surface area (Å²) < 4.78 is 14.9. The number of nitrogens with zero attached hydrogens (tertiary/aromatic N) is 4. The molecule has 0 aliphatic carbocycles. The minimum Gasteiger partial charge on any atom is -0.302 e. The number of aryl methyl sites for hydroxylation is 1. The number of halogens is 1. The summed E-state index contributed by atoms with van der Waals surface area (Å²) in [6.07, 6.45) is 0.694. The first-order chi connectivity index (χ1) is 12.1. The molecule has 0 bridgehead atoms. The zero-order chi connectivity index (χ0) is 17.4. The van der Waals surface area contributed by atoms with E-state index < -0.39 is 0 Å². The summed E-state index contributed by atoms with van der Waals surface area (Å²) in [5.74, 6) is -0.236. The van der Waals surface area contributed by atoms with Gasteiger partial charge in [0, 0.05) is 6.42 Å². The first kappa shape index (κ1) is 15.5. The van der Waals surface area contributed by atoms with E-state index >= 15 is 0 Å². The summed E-state index contributed by atoms with van der Waals surface area (Å²) in [6, 6.07) is 14.7. The van der Waals surface area contributed by atoms with Crippen LogP contribution in [0.3, 0.4) is 0 Å². The Balaban J connectivity index is 1.57. The second-order valence-electron chi connectivity index (χ2n) is 6.27. The molecule has 4 rings (SSSR count). The van der Waals surface area contributed by atoms with E-state index in [1.807, 2.05) is 23.7 Å². The molecular weight excluding hydrogens is 317 g/mol. The third-order valence-electron chi connectivity index (χ3n) is 4.47. The Morgan fingerprint density at radius 2 is 1.76 bits per heavy atom.